The number of phenols is 1. The number of amides is 1. The quantitative estimate of drug-likeness (QED) is 0.664. The number of aryl methyl sites for hydroxylation is 3. The molecule has 2 rings (SSSR count). The summed E-state index contributed by atoms with van der Waals surface area (Å²) in [4.78, 5) is 12.2. The van der Waals surface area contributed by atoms with Crippen LogP contribution in [0.5, 0.6) is 5.75 Å². The Balaban J connectivity index is 2.24. The molecule has 2 aromatic rings. The summed E-state index contributed by atoms with van der Waals surface area (Å²) < 4.78 is 0. The van der Waals surface area contributed by atoms with Gasteiger partial charge in [0, 0.05) is 0 Å². The Morgan fingerprint density at radius 3 is 2.57 bits per heavy atom. The highest BCUT2D eigenvalue weighted by Gasteiger charge is 2.13. The summed E-state index contributed by atoms with van der Waals surface area (Å²) in [6, 6.07) is 5.32. The lowest BCUT2D eigenvalue weighted by atomic mass is 10.0. The number of benzene rings is 1. The smallest absolute Gasteiger partial charge is 0.268 e. The van der Waals surface area contributed by atoms with Gasteiger partial charge in [0.25, 0.3) is 5.91 Å². The zero-order valence-corrected chi connectivity index (χ0v) is 13.9. The molecule has 1 aromatic carbocycles. The molecular formula is C16H16N4O2S. The highest BCUT2D eigenvalue weighted by molar-refractivity contribution is 7.15. The molecule has 6 nitrogen and oxygen atoms in total. The number of carbonyl (C=O) groups is 1. The van der Waals surface area contributed by atoms with Crippen LogP contribution in [0, 0.1) is 25.2 Å². The van der Waals surface area contributed by atoms with Crippen LogP contribution in [0.1, 0.15) is 28.6 Å². The van der Waals surface area contributed by atoms with Crippen molar-refractivity contribution in [1.29, 1.82) is 5.26 Å². The number of nitriles is 1. The number of hydrogen-bond acceptors (Lipinski definition) is 6. The fourth-order valence-corrected chi connectivity index (χ4v) is 2.67. The molecule has 23 heavy (non-hydrogen) atoms. The van der Waals surface area contributed by atoms with Crippen molar-refractivity contribution in [3.63, 3.8) is 0 Å². The average molecular weight is 328 g/mol. The average Bonchev–Trinajstić information content (AvgIpc) is 2.97. The topological polar surface area (TPSA) is 98.9 Å². The van der Waals surface area contributed by atoms with Gasteiger partial charge in [-0.2, -0.15) is 5.26 Å². The van der Waals surface area contributed by atoms with Gasteiger partial charge < -0.3 is 5.11 Å². The fourth-order valence-electron chi connectivity index (χ4n) is 2.00. The summed E-state index contributed by atoms with van der Waals surface area (Å²) in [6.07, 6.45) is 2.22. The van der Waals surface area contributed by atoms with Gasteiger partial charge in [-0.05, 0) is 55.2 Å². The molecule has 0 bridgehead atoms. The van der Waals surface area contributed by atoms with Crippen LogP contribution in [0.3, 0.4) is 0 Å². The Hall–Kier alpha value is -2.72. The number of rotatable bonds is 4. The summed E-state index contributed by atoms with van der Waals surface area (Å²) >= 11 is 1.28. The van der Waals surface area contributed by atoms with Gasteiger partial charge >= 0.3 is 0 Å². The molecule has 0 radical (unpaired) electrons. The Kier molecular flexibility index (Phi) is 5.09. The van der Waals surface area contributed by atoms with E-state index < -0.39 is 5.91 Å². The van der Waals surface area contributed by atoms with Crippen molar-refractivity contribution in [3.05, 3.63) is 39.4 Å². The first-order chi connectivity index (χ1) is 10.9. The Morgan fingerprint density at radius 1 is 1.39 bits per heavy atom. The van der Waals surface area contributed by atoms with E-state index in [2.05, 4.69) is 15.5 Å². The maximum Gasteiger partial charge on any atom is 0.268 e. The molecule has 0 aliphatic carbocycles. The lowest BCUT2D eigenvalue weighted by molar-refractivity contribution is -0.112. The first-order valence-electron chi connectivity index (χ1n) is 7.00. The number of aromatic nitrogens is 2. The second-order valence-electron chi connectivity index (χ2n) is 4.98. The van der Waals surface area contributed by atoms with Crippen LogP contribution >= 0.6 is 11.3 Å². The number of nitrogens with one attached hydrogen (secondary N) is 1. The van der Waals surface area contributed by atoms with E-state index in [1.165, 1.54) is 17.4 Å². The monoisotopic (exact) mass is 328 g/mol. The lowest BCUT2D eigenvalue weighted by Crippen LogP contribution is -2.13. The standard InChI is InChI=1S/C16H16N4O2S/c1-4-13-19-20-16(23-13)18-15(22)12(8-17)7-11-5-9(2)14(21)10(3)6-11/h5-7,21H,4H2,1-3H3,(H,18,20,22). The van der Waals surface area contributed by atoms with Crippen molar-refractivity contribution >= 4 is 28.5 Å². The molecule has 0 saturated heterocycles. The summed E-state index contributed by atoms with van der Waals surface area (Å²) in [5.41, 5.74) is 2.01. The normalized spacial score (nSPS) is 11.1. The van der Waals surface area contributed by atoms with Gasteiger partial charge in [0.2, 0.25) is 5.13 Å². The highest BCUT2D eigenvalue weighted by atomic mass is 32.1. The molecule has 0 saturated carbocycles. The summed E-state index contributed by atoms with van der Waals surface area (Å²) in [5.74, 6) is -0.319. The third kappa shape index (κ3) is 3.93. The first kappa shape index (κ1) is 16.6. The van der Waals surface area contributed by atoms with E-state index in [0.717, 1.165) is 11.4 Å². The van der Waals surface area contributed by atoms with Crippen molar-refractivity contribution in [2.45, 2.75) is 27.2 Å². The van der Waals surface area contributed by atoms with Gasteiger partial charge in [-0.1, -0.05) is 18.3 Å². The minimum Gasteiger partial charge on any atom is -0.507 e. The van der Waals surface area contributed by atoms with Crippen molar-refractivity contribution in [2.24, 2.45) is 0 Å². The molecule has 0 aliphatic heterocycles. The zero-order chi connectivity index (χ0) is 17.0. The van der Waals surface area contributed by atoms with Crippen LogP contribution in [0.15, 0.2) is 17.7 Å². The number of nitrogens with zero attached hydrogens (tertiary/aromatic N) is 3. The minimum atomic E-state index is -0.533. The maximum atomic E-state index is 12.2. The molecule has 118 valence electrons. The van der Waals surface area contributed by atoms with Gasteiger partial charge in [-0.3, -0.25) is 10.1 Å². The Morgan fingerprint density at radius 2 is 2.04 bits per heavy atom. The molecule has 0 fully saturated rings. The van der Waals surface area contributed by atoms with E-state index in [1.807, 2.05) is 13.0 Å². The van der Waals surface area contributed by atoms with Crippen molar-refractivity contribution in [3.8, 4) is 11.8 Å². The van der Waals surface area contributed by atoms with Crippen LogP contribution in [0.25, 0.3) is 6.08 Å². The number of anilines is 1. The fraction of sp³-hybridized carbons (Fsp3) is 0.250. The van der Waals surface area contributed by atoms with Crippen molar-refractivity contribution in [2.75, 3.05) is 5.32 Å². The molecular weight excluding hydrogens is 312 g/mol. The summed E-state index contributed by atoms with van der Waals surface area (Å²) in [7, 11) is 0. The molecule has 0 unspecified atom stereocenters. The van der Waals surface area contributed by atoms with Gasteiger partial charge in [0.15, 0.2) is 0 Å². The third-order valence-corrected chi connectivity index (χ3v) is 4.16. The third-order valence-electron chi connectivity index (χ3n) is 3.18. The molecule has 2 N–H and O–H groups in total. The summed E-state index contributed by atoms with van der Waals surface area (Å²) in [6.45, 7) is 5.47. The van der Waals surface area contributed by atoms with Crippen molar-refractivity contribution in [1.82, 2.24) is 10.2 Å². The van der Waals surface area contributed by atoms with E-state index in [0.29, 0.717) is 21.8 Å². The predicted molar refractivity (Wildman–Crippen MR) is 89.1 cm³/mol. The van der Waals surface area contributed by atoms with Gasteiger partial charge in [-0.25, -0.2) is 0 Å². The van der Waals surface area contributed by atoms with Crippen molar-refractivity contribution < 1.29 is 9.90 Å². The second-order valence-corrected chi connectivity index (χ2v) is 6.04. The molecule has 1 amide bonds. The molecule has 0 spiro atoms. The molecule has 0 aliphatic rings. The number of carbonyl (C=O) groups excluding carboxylic acids is 1. The highest BCUT2D eigenvalue weighted by Crippen LogP contribution is 2.24. The SMILES string of the molecule is CCc1nnc(NC(=O)C(C#N)=Cc2cc(C)c(O)c(C)c2)s1. The zero-order valence-electron chi connectivity index (χ0n) is 13.0. The first-order valence-corrected chi connectivity index (χ1v) is 7.82. The molecule has 1 aromatic heterocycles. The van der Waals surface area contributed by atoms with E-state index >= 15 is 0 Å². The predicted octanol–water partition coefficient (Wildman–Crippen LogP) is 2.97. The lowest BCUT2D eigenvalue weighted by Gasteiger charge is -2.05. The minimum absolute atomic E-state index is 0.0391. The van der Waals surface area contributed by atoms with E-state index in [9.17, 15) is 15.2 Å². The van der Waals surface area contributed by atoms with Gasteiger partial charge in [0.05, 0.1) is 0 Å². The van der Waals surface area contributed by atoms with E-state index in [4.69, 9.17) is 0 Å². The number of aromatic hydroxyl groups is 1. The number of hydrogen-bond donors (Lipinski definition) is 2. The largest absolute Gasteiger partial charge is 0.507 e. The Bertz CT molecular complexity index is 795. The van der Waals surface area contributed by atoms with Gasteiger partial charge in [-0.15, -0.1) is 10.2 Å². The molecule has 7 heteroatoms. The van der Waals surface area contributed by atoms with E-state index in [1.54, 1.807) is 26.0 Å². The Labute approximate surface area is 138 Å². The molecule has 1 heterocycles. The van der Waals surface area contributed by atoms with Crippen LogP contribution in [0.2, 0.25) is 0 Å². The van der Waals surface area contributed by atoms with Crippen LogP contribution in [-0.2, 0) is 11.2 Å². The van der Waals surface area contributed by atoms with Crippen LogP contribution in [-0.4, -0.2) is 21.2 Å². The van der Waals surface area contributed by atoms with Gasteiger partial charge in [0.1, 0.15) is 22.4 Å². The maximum absolute atomic E-state index is 12.2. The molecule has 0 atom stereocenters. The van der Waals surface area contributed by atoms with Crippen LogP contribution in [0.4, 0.5) is 5.13 Å². The summed E-state index contributed by atoms with van der Waals surface area (Å²) in [5, 5.41) is 30.5. The van der Waals surface area contributed by atoms with Crippen LogP contribution < -0.4 is 5.32 Å². The number of phenolic OH excluding ortho intramolecular Hbond substituents is 1. The van der Waals surface area contributed by atoms with E-state index in [-0.39, 0.29) is 11.3 Å². The second kappa shape index (κ2) is 7.03.